The maximum atomic E-state index is 12.9. The number of ether oxygens (including phenoxy) is 1. The van der Waals surface area contributed by atoms with Crippen molar-refractivity contribution in [3.8, 4) is 5.75 Å². The van der Waals surface area contributed by atoms with Gasteiger partial charge in [-0.15, -0.1) is 0 Å². The molecule has 1 N–H and O–H groups in total. The third-order valence-electron chi connectivity index (χ3n) is 5.69. The molecule has 0 aromatic heterocycles. The van der Waals surface area contributed by atoms with Gasteiger partial charge in [0, 0.05) is 30.4 Å². The van der Waals surface area contributed by atoms with Gasteiger partial charge in [0.05, 0.1) is 6.26 Å². The predicted molar refractivity (Wildman–Crippen MR) is 142 cm³/mol. The van der Waals surface area contributed by atoms with Gasteiger partial charge in [-0.2, -0.15) is 0 Å². The molecule has 3 aromatic rings. The maximum absolute atomic E-state index is 12.9. The molecule has 0 heterocycles. The quantitative estimate of drug-likeness (QED) is 0.426. The number of benzene rings is 3. The number of carbonyl (C=O) groups is 2. The summed E-state index contributed by atoms with van der Waals surface area (Å²) in [4.78, 5) is 25.3. The second kappa shape index (κ2) is 11.1. The summed E-state index contributed by atoms with van der Waals surface area (Å²) in [6.07, 6.45) is 1.15. The smallest absolute Gasteiger partial charge is 0.262 e. The number of nitrogens with zero attached hydrogens (tertiary/aromatic N) is 1. The Hall–Kier alpha value is -3.49. The zero-order valence-corrected chi connectivity index (χ0v) is 22.1. The summed E-state index contributed by atoms with van der Waals surface area (Å²) in [5, 5.41) is 2.75. The second-order valence-corrected chi connectivity index (χ2v) is 11.8. The van der Waals surface area contributed by atoms with Crippen LogP contribution >= 0.6 is 0 Å². The third kappa shape index (κ3) is 7.50. The van der Waals surface area contributed by atoms with Gasteiger partial charge in [0.25, 0.3) is 5.91 Å². The fraction of sp³-hybridized carbons (Fsp3) is 0.286. The molecule has 36 heavy (non-hydrogen) atoms. The fourth-order valence-corrected chi connectivity index (χ4v) is 3.82. The van der Waals surface area contributed by atoms with Gasteiger partial charge in [0.1, 0.15) is 5.75 Å². The minimum Gasteiger partial charge on any atom is -0.484 e. The Labute approximate surface area is 213 Å². The number of hydrogen-bond donors (Lipinski definition) is 1. The predicted octanol–water partition coefficient (Wildman–Crippen LogP) is 4.62. The Morgan fingerprint density at radius 1 is 0.917 bits per heavy atom. The molecule has 0 bridgehead atoms. The van der Waals surface area contributed by atoms with Crippen LogP contribution in [0.5, 0.6) is 5.75 Å². The van der Waals surface area contributed by atoms with Crippen LogP contribution < -0.4 is 10.1 Å². The van der Waals surface area contributed by atoms with Gasteiger partial charge >= 0.3 is 0 Å². The van der Waals surface area contributed by atoms with Crippen molar-refractivity contribution in [3.63, 3.8) is 0 Å². The molecule has 0 aliphatic rings. The second-order valence-electron chi connectivity index (χ2n) is 9.74. The summed E-state index contributed by atoms with van der Waals surface area (Å²) in [6.45, 7) is 6.39. The maximum Gasteiger partial charge on any atom is 0.262 e. The summed E-state index contributed by atoms with van der Waals surface area (Å²) < 4.78 is 29.9. The van der Waals surface area contributed by atoms with E-state index in [4.69, 9.17) is 4.74 Å². The summed E-state index contributed by atoms with van der Waals surface area (Å²) >= 11 is 0. The highest BCUT2D eigenvalue weighted by Gasteiger charge is 2.16. The molecule has 0 atom stereocenters. The molecule has 0 saturated carbocycles. The number of rotatable bonds is 9. The fourth-order valence-electron chi connectivity index (χ4n) is 3.44. The first-order chi connectivity index (χ1) is 16.8. The molecule has 0 spiro atoms. The van der Waals surface area contributed by atoms with Crippen LogP contribution in [0.4, 0.5) is 5.69 Å². The number of hydrogen-bond acceptors (Lipinski definition) is 5. The lowest BCUT2D eigenvalue weighted by molar-refractivity contribution is -0.118. The molecule has 0 radical (unpaired) electrons. The number of amides is 1. The van der Waals surface area contributed by atoms with Gasteiger partial charge in [0.2, 0.25) is 10.0 Å². The Bertz CT molecular complexity index is 1330. The van der Waals surface area contributed by atoms with Crippen molar-refractivity contribution in [2.24, 2.45) is 0 Å². The zero-order valence-electron chi connectivity index (χ0n) is 21.2. The van der Waals surface area contributed by atoms with E-state index in [0.717, 1.165) is 17.4 Å². The minimum absolute atomic E-state index is 0.00480. The Balaban J connectivity index is 1.57. The van der Waals surface area contributed by atoms with Crippen LogP contribution in [0.25, 0.3) is 0 Å². The van der Waals surface area contributed by atoms with E-state index < -0.39 is 10.0 Å². The molecule has 3 rings (SSSR count). The van der Waals surface area contributed by atoms with Gasteiger partial charge < -0.3 is 10.1 Å². The van der Waals surface area contributed by atoms with Crippen LogP contribution in [-0.2, 0) is 26.8 Å². The van der Waals surface area contributed by atoms with E-state index in [1.54, 1.807) is 48.5 Å². The van der Waals surface area contributed by atoms with Crippen molar-refractivity contribution >= 4 is 27.4 Å². The molecule has 7 nitrogen and oxygen atoms in total. The lowest BCUT2D eigenvalue weighted by Crippen LogP contribution is -2.24. The SMILES string of the molecule is CN(Cc1ccc(OCC(=O)Nc2cccc(C(=O)c3ccc(C(C)(C)C)cc3)c2)cc1)S(C)(=O)=O. The van der Waals surface area contributed by atoms with Crippen molar-refractivity contribution in [2.45, 2.75) is 32.7 Å². The number of anilines is 1. The highest BCUT2D eigenvalue weighted by atomic mass is 32.2. The van der Waals surface area contributed by atoms with Gasteiger partial charge in [-0.25, -0.2) is 12.7 Å². The highest BCUT2D eigenvalue weighted by molar-refractivity contribution is 7.88. The molecule has 0 unspecified atom stereocenters. The van der Waals surface area contributed by atoms with E-state index in [1.807, 2.05) is 24.3 Å². The summed E-state index contributed by atoms with van der Waals surface area (Å²) in [7, 11) is -1.76. The standard InChI is InChI=1S/C28H32N2O5S/c1-28(2,3)23-13-11-21(12-14-23)27(32)22-7-6-8-24(17-22)29-26(31)19-35-25-15-9-20(10-16-25)18-30(4)36(5,33)34/h6-17H,18-19H2,1-5H3,(H,29,31). The first-order valence-corrected chi connectivity index (χ1v) is 13.4. The molecule has 0 saturated heterocycles. The van der Waals surface area contributed by atoms with Crippen LogP contribution in [0.3, 0.4) is 0 Å². The van der Waals surface area contributed by atoms with E-state index in [0.29, 0.717) is 22.6 Å². The van der Waals surface area contributed by atoms with Crippen LogP contribution in [-0.4, -0.2) is 44.3 Å². The molecule has 190 valence electrons. The van der Waals surface area contributed by atoms with E-state index in [9.17, 15) is 18.0 Å². The molecular weight excluding hydrogens is 476 g/mol. The van der Waals surface area contributed by atoms with E-state index in [-0.39, 0.29) is 30.3 Å². The van der Waals surface area contributed by atoms with E-state index in [2.05, 4.69) is 26.1 Å². The average molecular weight is 509 g/mol. The topological polar surface area (TPSA) is 92.8 Å². The summed E-state index contributed by atoms with van der Waals surface area (Å²) in [6, 6.07) is 21.2. The largest absolute Gasteiger partial charge is 0.484 e. The van der Waals surface area contributed by atoms with Gasteiger partial charge in [-0.1, -0.05) is 69.3 Å². The molecule has 1 amide bonds. The molecule has 8 heteroatoms. The molecule has 0 fully saturated rings. The third-order valence-corrected chi connectivity index (χ3v) is 6.95. The molecule has 0 aliphatic heterocycles. The summed E-state index contributed by atoms with van der Waals surface area (Å²) in [5.41, 5.74) is 3.52. The van der Waals surface area contributed by atoms with E-state index in [1.165, 1.54) is 11.4 Å². The van der Waals surface area contributed by atoms with Crippen LogP contribution in [0.2, 0.25) is 0 Å². The normalized spacial score (nSPS) is 11.8. The molecule has 0 aliphatic carbocycles. The lowest BCUT2D eigenvalue weighted by atomic mass is 9.86. The van der Waals surface area contributed by atoms with Crippen molar-refractivity contribution in [1.82, 2.24) is 4.31 Å². The number of ketones is 1. The first-order valence-electron chi connectivity index (χ1n) is 11.5. The van der Waals surface area contributed by atoms with Crippen molar-refractivity contribution < 1.29 is 22.7 Å². The van der Waals surface area contributed by atoms with E-state index >= 15 is 0 Å². The van der Waals surface area contributed by atoms with Gasteiger partial charge in [-0.3, -0.25) is 9.59 Å². The summed E-state index contributed by atoms with van der Waals surface area (Å²) in [5.74, 6) is -0.00188. The number of nitrogens with one attached hydrogen (secondary N) is 1. The Kier molecular flexibility index (Phi) is 8.32. The molecular formula is C28H32N2O5S. The average Bonchev–Trinajstić information content (AvgIpc) is 2.82. The minimum atomic E-state index is -3.27. The van der Waals surface area contributed by atoms with Crippen LogP contribution in [0, 0.1) is 0 Å². The Morgan fingerprint density at radius 2 is 1.56 bits per heavy atom. The van der Waals surface area contributed by atoms with Gasteiger partial charge in [-0.05, 0) is 40.8 Å². The number of carbonyl (C=O) groups excluding carboxylic acids is 2. The first kappa shape index (κ1) is 27.1. The molecule has 3 aromatic carbocycles. The van der Waals surface area contributed by atoms with Gasteiger partial charge in [0.15, 0.2) is 12.4 Å². The highest BCUT2D eigenvalue weighted by Crippen LogP contribution is 2.23. The Morgan fingerprint density at radius 3 is 2.14 bits per heavy atom. The monoisotopic (exact) mass is 508 g/mol. The van der Waals surface area contributed by atoms with Crippen molar-refractivity contribution in [2.75, 3.05) is 25.2 Å². The zero-order chi connectivity index (χ0) is 26.5. The number of sulfonamides is 1. The van der Waals surface area contributed by atoms with Crippen molar-refractivity contribution in [3.05, 3.63) is 95.1 Å². The van der Waals surface area contributed by atoms with Crippen molar-refractivity contribution in [1.29, 1.82) is 0 Å². The van der Waals surface area contributed by atoms with Crippen LogP contribution in [0.15, 0.2) is 72.8 Å². The lowest BCUT2D eigenvalue weighted by Gasteiger charge is -2.19. The van der Waals surface area contributed by atoms with Crippen LogP contribution in [0.1, 0.15) is 47.8 Å².